The van der Waals surface area contributed by atoms with Crippen LogP contribution in [0.2, 0.25) is 0 Å². The Kier molecular flexibility index (Phi) is 6.22. The van der Waals surface area contributed by atoms with Crippen molar-refractivity contribution in [2.24, 2.45) is 5.92 Å². The first-order valence-corrected chi connectivity index (χ1v) is 16.1. The maximum absolute atomic E-state index is 5.17. The normalized spacial score (nSPS) is 17.6. The van der Waals surface area contributed by atoms with Gasteiger partial charge in [0.15, 0.2) is 17.5 Å². The third-order valence-corrected chi connectivity index (χ3v) is 9.87. The first-order valence-electron chi connectivity index (χ1n) is 16.1. The van der Waals surface area contributed by atoms with Crippen molar-refractivity contribution in [3.8, 4) is 45.4 Å². The zero-order chi connectivity index (χ0) is 31.5. The SMILES string of the molecule is CC1(C)c2ccc(-c3nc(-c4ccccc4)nc(-c4ccccc4-c4ccc5ccc6cccnc6c5n4)n3)cc2C2C=CC=CC21. The Balaban J connectivity index is 1.22. The van der Waals surface area contributed by atoms with E-state index in [9.17, 15) is 0 Å². The number of nitrogens with zero attached hydrogens (tertiary/aromatic N) is 5. The molecule has 3 aromatic heterocycles. The van der Waals surface area contributed by atoms with Gasteiger partial charge in [-0.3, -0.25) is 4.98 Å². The molecule has 2 atom stereocenters. The van der Waals surface area contributed by atoms with Gasteiger partial charge in [0.1, 0.15) is 0 Å². The first-order chi connectivity index (χ1) is 23.0. The third-order valence-electron chi connectivity index (χ3n) is 9.87. The summed E-state index contributed by atoms with van der Waals surface area (Å²) in [6, 6.07) is 37.5. The highest BCUT2D eigenvalue weighted by molar-refractivity contribution is 6.03. The van der Waals surface area contributed by atoms with E-state index in [0.29, 0.717) is 29.3 Å². The summed E-state index contributed by atoms with van der Waals surface area (Å²) < 4.78 is 0. The Morgan fingerprint density at radius 1 is 0.553 bits per heavy atom. The molecule has 0 N–H and O–H groups in total. The van der Waals surface area contributed by atoms with Gasteiger partial charge in [-0.2, -0.15) is 0 Å². The van der Waals surface area contributed by atoms with E-state index in [4.69, 9.17) is 19.9 Å². The van der Waals surface area contributed by atoms with Crippen molar-refractivity contribution >= 4 is 21.8 Å². The standard InChI is InChI=1S/C42H31N5/c1-42(2)34-17-9-8-14-30(34)33-25-29(20-22-35(33)42)40-45-39(28-11-4-3-5-12-28)46-41(47-40)32-16-7-6-15-31(32)36-23-21-27-19-18-26-13-10-24-43-37(26)38(27)44-36/h3-25,30,34H,1-2H3. The Labute approximate surface area is 273 Å². The van der Waals surface area contributed by atoms with Crippen molar-refractivity contribution in [2.45, 2.75) is 25.2 Å². The lowest BCUT2D eigenvalue weighted by Gasteiger charge is -2.29. The molecular formula is C42H31N5. The molecule has 5 nitrogen and oxygen atoms in total. The van der Waals surface area contributed by atoms with Gasteiger partial charge in [-0.05, 0) is 40.7 Å². The molecule has 0 bridgehead atoms. The average molecular weight is 606 g/mol. The molecule has 0 spiro atoms. The summed E-state index contributed by atoms with van der Waals surface area (Å²) in [5.41, 5.74) is 9.19. The van der Waals surface area contributed by atoms with Gasteiger partial charge in [0.05, 0.1) is 16.7 Å². The van der Waals surface area contributed by atoms with Crippen LogP contribution in [-0.4, -0.2) is 24.9 Å². The third kappa shape index (κ3) is 4.50. The lowest BCUT2D eigenvalue weighted by atomic mass is 9.74. The van der Waals surface area contributed by atoms with Crippen LogP contribution in [0.3, 0.4) is 0 Å². The Morgan fingerprint density at radius 3 is 2.11 bits per heavy atom. The lowest BCUT2D eigenvalue weighted by Crippen LogP contribution is -2.24. The van der Waals surface area contributed by atoms with E-state index in [-0.39, 0.29) is 5.41 Å². The molecule has 0 radical (unpaired) electrons. The quantitative estimate of drug-likeness (QED) is 0.187. The smallest absolute Gasteiger partial charge is 0.164 e. The van der Waals surface area contributed by atoms with Gasteiger partial charge in [0, 0.05) is 45.1 Å². The molecule has 2 aliphatic carbocycles. The van der Waals surface area contributed by atoms with Gasteiger partial charge in [0.2, 0.25) is 0 Å². The zero-order valence-electron chi connectivity index (χ0n) is 26.2. The summed E-state index contributed by atoms with van der Waals surface area (Å²) in [5.74, 6) is 2.68. The van der Waals surface area contributed by atoms with Crippen LogP contribution >= 0.6 is 0 Å². The van der Waals surface area contributed by atoms with Crippen molar-refractivity contribution in [3.63, 3.8) is 0 Å². The minimum absolute atomic E-state index is 0.0475. The second-order valence-electron chi connectivity index (χ2n) is 13.0. The number of rotatable bonds is 4. The number of hydrogen-bond acceptors (Lipinski definition) is 5. The molecule has 224 valence electrons. The fraction of sp³-hybridized carbons (Fsp3) is 0.119. The monoisotopic (exact) mass is 605 g/mol. The van der Waals surface area contributed by atoms with E-state index in [2.05, 4.69) is 104 Å². The number of benzene rings is 4. The summed E-state index contributed by atoms with van der Waals surface area (Å²) >= 11 is 0. The zero-order valence-corrected chi connectivity index (χ0v) is 26.2. The Bertz CT molecular complexity index is 2410. The average Bonchev–Trinajstić information content (AvgIpc) is 3.37. The topological polar surface area (TPSA) is 64.5 Å². The Morgan fingerprint density at radius 2 is 1.26 bits per heavy atom. The molecule has 0 amide bonds. The van der Waals surface area contributed by atoms with Crippen molar-refractivity contribution in [2.75, 3.05) is 0 Å². The maximum atomic E-state index is 5.17. The highest BCUT2D eigenvalue weighted by atomic mass is 15.0. The molecule has 2 unspecified atom stereocenters. The number of fused-ring (bicyclic) bond motifs is 6. The summed E-state index contributed by atoms with van der Waals surface area (Å²) in [5, 5.41) is 2.12. The second kappa shape index (κ2) is 10.6. The van der Waals surface area contributed by atoms with Gasteiger partial charge in [-0.25, -0.2) is 19.9 Å². The molecule has 5 heteroatoms. The van der Waals surface area contributed by atoms with Crippen LogP contribution in [0, 0.1) is 5.92 Å². The fourth-order valence-corrected chi connectivity index (χ4v) is 7.45. The minimum Gasteiger partial charge on any atom is -0.254 e. The molecule has 3 heterocycles. The highest BCUT2D eigenvalue weighted by Gasteiger charge is 2.44. The van der Waals surface area contributed by atoms with Gasteiger partial charge in [0.25, 0.3) is 0 Å². The molecule has 47 heavy (non-hydrogen) atoms. The largest absolute Gasteiger partial charge is 0.254 e. The molecule has 4 aromatic carbocycles. The lowest BCUT2D eigenvalue weighted by molar-refractivity contribution is 0.394. The van der Waals surface area contributed by atoms with E-state index in [0.717, 1.165) is 49.8 Å². The molecule has 2 aliphatic rings. The van der Waals surface area contributed by atoms with E-state index < -0.39 is 0 Å². The van der Waals surface area contributed by atoms with Crippen molar-refractivity contribution < 1.29 is 0 Å². The molecule has 0 fully saturated rings. The summed E-state index contributed by atoms with van der Waals surface area (Å²) in [6.07, 6.45) is 10.9. The first kappa shape index (κ1) is 27.5. The van der Waals surface area contributed by atoms with E-state index in [1.807, 2.05) is 54.7 Å². The number of pyridine rings is 2. The Hall–Kier alpha value is -5.81. The fourth-order valence-electron chi connectivity index (χ4n) is 7.45. The van der Waals surface area contributed by atoms with Gasteiger partial charge < -0.3 is 0 Å². The maximum Gasteiger partial charge on any atom is 0.164 e. The number of aromatic nitrogens is 5. The second-order valence-corrected chi connectivity index (χ2v) is 13.0. The van der Waals surface area contributed by atoms with Crippen LogP contribution in [0.1, 0.15) is 30.9 Å². The summed E-state index contributed by atoms with van der Waals surface area (Å²) in [6.45, 7) is 4.70. The molecule has 0 saturated carbocycles. The number of hydrogen-bond donors (Lipinski definition) is 0. The molecule has 7 aromatic rings. The highest BCUT2D eigenvalue weighted by Crippen LogP contribution is 2.53. The summed E-state index contributed by atoms with van der Waals surface area (Å²) in [4.78, 5) is 25.1. The minimum atomic E-state index is 0.0475. The van der Waals surface area contributed by atoms with Crippen molar-refractivity contribution in [1.29, 1.82) is 0 Å². The van der Waals surface area contributed by atoms with Crippen molar-refractivity contribution in [3.05, 3.63) is 151 Å². The van der Waals surface area contributed by atoms with Gasteiger partial charge in [-0.15, -0.1) is 0 Å². The predicted molar refractivity (Wildman–Crippen MR) is 190 cm³/mol. The summed E-state index contributed by atoms with van der Waals surface area (Å²) in [7, 11) is 0. The van der Waals surface area contributed by atoms with E-state index >= 15 is 0 Å². The van der Waals surface area contributed by atoms with Crippen LogP contribution in [0.15, 0.2) is 140 Å². The van der Waals surface area contributed by atoms with Gasteiger partial charge in [-0.1, -0.05) is 129 Å². The van der Waals surface area contributed by atoms with Crippen LogP contribution < -0.4 is 0 Å². The van der Waals surface area contributed by atoms with Crippen LogP contribution in [0.25, 0.3) is 67.2 Å². The van der Waals surface area contributed by atoms with E-state index in [1.54, 1.807) is 0 Å². The van der Waals surface area contributed by atoms with Crippen LogP contribution in [0.4, 0.5) is 0 Å². The number of allylic oxidation sites excluding steroid dienone is 4. The molecule has 9 rings (SSSR count). The predicted octanol–water partition coefficient (Wildman–Crippen LogP) is 9.75. The molecule has 0 saturated heterocycles. The molecular weight excluding hydrogens is 574 g/mol. The van der Waals surface area contributed by atoms with Crippen molar-refractivity contribution in [1.82, 2.24) is 24.9 Å². The molecule has 0 aliphatic heterocycles. The van der Waals surface area contributed by atoms with E-state index in [1.165, 1.54) is 11.1 Å². The van der Waals surface area contributed by atoms with Gasteiger partial charge >= 0.3 is 0 Å². The van der Waals surface area contributed by atoms with Crippen LogP contribution in [-0.2, 0) is 5.41 Å². The van der Waals surface area contributed by atoms with Crippen LogP contribution in [0.5, 0.6) is 0 Å².